The molecule has 0 radical (unpaired) electrons. The van der Waals surface area contributed by atoms with Gasteiger partial charge < -0.3 is 4.90 Å². The Kier molecular flexibility index (Phi) is 6.56. The van der Waals surface area contributed by atoms with Crippen LogP contribution in [0.25, 0.3) is 76.5 Å². The largest absolute Gasteiger partial charge is 0.310 e. The van der Waals surface area contributed by atoms with Crippen molar-refractivity contribution in [3.05, 3.63) is 212 Å². The summed E-state index contributed by atoms with van der Waals surface area (Å²) >= 11 is 0. The second kappa shape index (κ2) is 13.0. The molecule has 0 bridgehead atoms. The van der Waals surface area contributed by atoms with Crippen molar-refractivity contribution in [2.24, 2.45) is 0 Å². The molecule has 0 aliphatic carbocycles. The van der Waals surface area contributed by atoms with Gasteiger partial charge in [-0.3, -0.25) is 0 Å². The van der Waals surface area contributed by atoms with Gasteiger partial charge in [0, 0.05) is 17.1 Å². The van der Waals surface area contributed by atoms with Crippen molar-refractivity contribution in [3.8, 4) is 33.4 Å². The SMILES string of the molecule is [2H]c1c([2H])c(N(c2cccc(-c3ccccc3)c2)c2cccc(-c3cc4ccccc4c4ccccc34)c2)c([2H])c([2H])c1-c1cc2ccccc2c2ccccc12. The molecule has 1 heteroatoms. The fourth-order valence-electron chi connectivity index (χ4n) is 7.78. The van der Waals surface area contributed by atoms with E-state index in [1.165, 1.54) is 10.8 Å². The van der Waals surface area contributed by atoms with E-state index in [-0.39, 0.29) is 35.4 Å². The van der Waals surface area contributed by atoms with Gasteiger partial charge in [-0.15, -0.1) is 0 Å². The predicted molar refractivity (Wildman–Crippen MR) is 227 cm³/mol. The first-order valence-corrected chi connectivity index (χ1v) is 17.9. The molecular weight excluding hydrogens is 639 g/mol. The molecule has 0 aliphatic heterocycles. The van der Waals surface area contributed by atoms with Crippen molar-refractivity contribution in [2.75, 3.05) is 4.90 Å². The lowest BCUT2D eigenvalue weighted by Crippen LogP contribution is -2.10. The van der Waals surface area contributed by atoms with Crippen molar-refractivity contribution >= 4 is 60.2 Å². The molecule has 0 saturated heterocycles. The van der Waals surface area contributed by atoms with Gasteiger partial charge in [0.15, 0.2) is 0 Å². The van der Waals surface area contributed by atoms with E-state index in [1.54, 1.807) is 0 Å². The van der Waals surface area contributed by atoms with E-state index in [0.717, 1.165) is 65.9 Å². The molecule has 53 heavy (non-hydrogen) atoms. The van der Waals surface area contributed by atoms with Crippen LogP contribution in [0.5, 0.6) is 0 Å². The maximum absolute atomic E-state index is 9.72. The van der Waals surface area contributed by atoms with Gasteiger partial charge in [-0.25, -0.2) is 0 Å². The number of fused-ring (bicyclic) bond motifs is 6. The van der Waals surface area contributed by atoms with Crippen molar-refractivity contribution < 1.29 is 5.48 Å². The molecule has 1 nitrogen and oxygen atoms in total. The topological polar surface area (TPSA) is 3.24 Å². The number of nitrogens with zero attached hydrogens (tertiary/aromatic N) is 1. The molecule has 0 atom stereocenters. The van der Waals surface area contributed by atoms with Crippen LogP contribution >= 0.6 is 0 Å². The first kappa shape index (κ1) is 26.8. The Morgan fingerprint density at radius 1 is 0.283 bits per heavy atom. The minimum atomic E-state index is -0.116. The van der Waals surface area contributed by atoms with Crippen molar-refractivity contribution in [1.29, 1.82) is 0 Å². The van der Waals surface area contributed by atoms with E-state index < -0.39 is 0 Å². The summed E-state index contributed by atoms with van der Waals surface area (Å²) < 4.78 is 38.7. The molecule has 10 aromatic rings. The van der Waals surface area contributed by atoms with Crippen LogP contribution in [0.2, 0.25) is 0 Å². The van der Waals surface area contributed by atoms with Crippen LogP contribution in [0.15, 0.2) is 212 Å². The van der Waals surface area contributed by atoms with Gasteiger partial charge in [0.1, 0.15) is 0 Å². The normalized spacial score (nSPS) is 12.5. The monoisotopic (exact) mass is 677 g/mol. The molecule has 0 saturated carbocycles. The summed E-state index contributed by atoms with van der Waals surface area (Å²) in [5.74, 6) is 0. The van der Waals surface area contributed by atoms with Crippen LogP contribution in [-0.4, -0.2) is 0 Å². The lowest BCUT2D eigenvalue weighted by Gasteiger charge is -2.27. The van der Waals surface area contributed by atoms with E-state index in [4.69, 9.17) is 0 Å². The lowest BCUT2D eigenvalue weighted by molar-refractivity contribution is 1.28. The van der Waals surface area contributed by atoms with Gasteiger partial charge in [-0.2, -0.15) is 0 Å². The molecule has 10 aromatic carbocycles. The van der Waals surface area contributed by atoms with Gasteiger partial charge in [-0.05, 0) is 125 Å². The average molecular weight is 678 g/mol. The molecule has 0 aliphatic rings. The van der Waals surface area contributed by atoms with Crippen molar-refractivity contribution in [3.63, 3.8) is 0 Å². The molecule has 0 amide bonds. The third-order valence-electron chi connectivity index (χ3n) is 10.3. The Balaban J connectivity index is 1.22. The maximum atomic E-state index is 9.72. The first-order valence-electron chi connectivity index (χ1n) is 19.9. The predicted octanol–water partition coefficient (Wildman–Crippen LogP) is 14.8. The quantitative estimate of drug-likeness (QED) is 0.158. The van der Waals surface area contributed by atoms with Crippen LogP contribution in [-0.2, 0) is 0 Å². The number of benzene rings is 10. The molecule has 248 valence electrons. The molecule has 0 unspecified atom stereocenters. The van der Waals surface area contributed by atoms with E-state index >= 15 is 0 Å². The highest BCUT2D eigenvalue weighted by Crippen LogP contribution is 2.42. The van der Waals surface area contributed by atoms with E-state index in [0.29, 0.717) is 5.56 Å². The zero-order valence-corrected chi connectivity index (χ0v) is 28.8. The van der Waals surface area contributed by atoms with Crippen LogP contribution in [0.1, 0.15) is 5.48 Å². The molecule has 0 fully saturated rings. The van der Waals surface area contributed by atoms with Gasteiger partial charge in [-0.1, -0.05) is 164 Å². The Morgan fingerprint density at radius 2 is 0.717 bits per heavy atom. The number of hydrogen-bond donors (Lipinski definition) is 0. The third kappa shape index (κ3) is 5.51. The fraction of sp³-hybridized carbons (Fsp3) is 0. The van der Waals surface area contributed by atoms with Crippen LogP contribution < -0.4 is 4.90 Å². The fourth-order valence-corrected chi connectivity index (χ4v) is 7.78. The minimum absolute atomic E-state index is 0.0904. The van der Waals surface area contributed by atoms with E-state index in [2.05, 4.69) is 103 Å². The molecule has 0 aromatic heterocycles. The Labute approximate surface area is 315 Å². The molecule has 0 N–H and O–H groups in total. The molecule has 10 rings (SSSR count). The van der Waals surface area contributed by atoms with Gasteiger partial charge in [0.2, 0.25) is 0 Å². The summed E-state index contributed by atoms with van der Waals surface area (Å²) in [6, 6.07) is 63.2. The smallest absolute Gasteiger partial charge is 0.0645 e. The van der Waals surface area contributed by atoms with Crippen LogP contribution in [0.3, 0.4) is 0 Å². The summed E-state index contributed by atoms with van der Waals surface area (Å²) in [6.45, 7) is 0. The van der Waals surface area contributed by atoms with Crippen molar-refractivity contribution in [2.45, 2.75) is 0 Å². The van der Waals surface area contributed by atoms with Gasteiger partial charge in [0.25, 0.3) is 0 Å². The maximum Gasteiger partial charge on any atom is 0.0645 e. The summed E-state index contributed by atoms with van der Waals surface area (Å²) in [7, 11) is 0. The second-order valence-electron chi connectivity index (χ2n) is 13.4. The first-order chi connectivity index (χ1) is 28.0. The lowest BCUT2D eigenvalue weighted by atomic mass is 9.92. The Morgan fingerprint density at radius 3 is 1.30 bits per heavy atom. The molecular formula is C52H35N. The Bertz CT molecular complexity index is 3160. The van der Waals surface area contributed by atoms with Gasteiger partial charge in [0.05, 0.1) is 5.48 Å². The summed E-state index contributed by atoms with van der Waals surface area (Å²) in [5.41, 5.74) is 6.65. The summed E-state index contributed by atoms with van der Waals surface area (Å²) in [5, 5.41) is 8.56. The minimum Gasteiger partial charge on any atom is -0.310 e. The number of anilines is 3. The van der Waals surface area contributed by atoms with Gasteiger partial charge >= 0.3 is 0 Å². The van der Waals surface area contributed by atoms with E-state index in [1.807, 2.05) is 89.8 Å². The van der Waals surface area contributed by atoms with Crippen LogP contribution in [0.4, 0.5) is 17.1 Å². The third-order valence-corrected chi connectivity index (χ3v) is 10.3. The molecule has 0 spiro atoms. The van der Waals surface area contributed by atoms with Crippen LogP contribution in [0, 0.1) is 0 Å². The average Bonchev–Trinajstić information content (AvgIpc) is 3.27. The second-order valence-corrected chi connectivity index (χ2v) is 13.4. The number of hydrogen-bond acceptors (Lipinski definition) is 1. The highest BCUT2D eigenvalue weighted by Gasteiger charge is 2.17. The summed E-state index contributed by atoms with van der Waals surface area (Å²) in [6.07, 6.45) is 0. The Hall–Kier alpha value is -6.96. The highest BCUT2D eigenvalue weighted by atomic mass is 15.1. The standard InChI is InChI=1S/C52H35N/c1-2-14-36(15-3-1)38-18-12-20-43(32-38)53(42-30-28-37(29-31-42)51-34-40-16-4-6-22-45(40)47-24-8-10-26-49(47)51)44-21-13-19-39(33-44)52-35-41-17-5-7-23-46(41)48-25-9-11-27-50(48)52/h1-35H/i28D,29D,30D,31D. The summed E-state index contributed by atoms with van der Waals surface area (Å²) in [4.78, 5) is 1.89. The van der Waals surface area contributed by atoms with E-state index in [9.17, 15) is 5.48 Å². The zero-order chi connectivity index (χ0) is 38.6. The highest BCUT2D eigenvalue weighted by molar-refractivity contribution is 6.15. The van der Waals surface area contributed by atoms with Crippen molar-refractivity contribution in [1.82, 2.24) is 0 Å². The number of rotatable bonds is 6. The zero-order valence-electron chi connectivity index (χ0n) is 32.8. The molecule has 0 heterocycles.